The Morgan fingerprint density at radius 2 is 2.71 bits per heavy atom. The molecule has 1 N–H and O–H groups in total. The summed E-state index contributed by atoms with van der Waals surface area (Å²) in [6, 6.07) is 0. The lowest BCUT2D eigenvalue weighted by Gasteiger charge is -2.31. The SMILES string of the molecule is COCC(=O)C1CN([n+]2cc(=N)o[n-]2)CCS1. The molecule has 1 unspecified atom stereocenters. The summed E-state index contributed by atoms with van der Waals surface area (Å²) in [5.41, 5.74) is 0.00277. The lowest BCUT2D eigenvalue weighted by molar-refractivity contribution is -0.763. The first kappa shape index (κ1) is 12.2. The number of rotatable bonds is 4. The zero-order chi connectivity index (χ0) is 12.3. The number of Topliss-reactive ketones (excluding diaryl/α,β-unsaturated/α-hetero) is 1. The summed E-state index contributed by atoms with van der Waals surface area (Å²) < 4.78 is 9.53. The van der Waals surface area contributed by atoms with Crippen molar-refractivity contribution in [2.75, 3.05) is 37.6 Å². The molecule has 1 atom stereocenters. The van der Waals surface area contributed by atoms with Crippen LogP contribution < -0.4 is 20.6 Å². The maximum Gasteiger partial charge on any atom is 0.286 e. The number of aromatic nitrogens is 2. The van der Waals surface area contributed by atoms with Gasteiger partial charge in [0.15, 0.2) is 5.78 Å². The van der Waals surface area contributed by atoms with Crippen LogP contribution in [-0.4, -0.2) is 43.6 Å². The van der Waals surface area contributed by atoms with Gasteiger partial charge in [-0.3, -0.25) is 15.2 Å². The summed E-state index contributed by atoms with van der Waals surface area (Å²) in [4.78, 5) is 13.2. The average molecular weight is 258 g/mol. The highest BCUT2D eigenvalue weighted by Gasteiger charge is 2.26. The van der Waals surface area contributed by atoms with Crippen LogP contribution in [0.1, 0.15) is 0 Å². The zero-order valence-corrected chi connectivity index (χ0v) is 10.3. The van der Waals surface area contributed by atoms with E-state index < -0.39 is 0 Å². The highest BCUT2D eigenvalue weighted by molar-refractivity contribution is 8.00. The molecular weight excluding hydrogens is 244 g/mol. The first-order chi connectivity index (χ1) is 8.20. The van der Waals surface area contributed by atoms with Gasteiger partial charge < -0.3 is 9.26 Å². The second-order valence-electron chi connectivity index (χ2n) is 3.66. The number of ether oxygens (including phenoxy) is 1. The third-order valence-electron chi connectivity index (χ3n) is 2.44. The Bertz CT molecular complexity index is 443. The van der Waals surface area contributed by atoms with Gasteiger partial charge in [0.1, 0.15) is 6.61 Å². The van der Waals surface area contributed by atoms with Gasteiger partial charge in [0.2, 0.25) is 0 Å². The van der Waals surface area contributed by atoms with E-state index in [2.05, 4.69) is 9.79 Å². The number of nitrogens with zero attached hydrogens (tertiary/aromatic N) is 3. The predicted molar refractivity (Wildman–Crippen MR) is 59.2 cm³/mol. The molecule has 2 heterocycles. The summed E-state index contributed by atoms with van der Waals surface area (Å²) in [6.45, 7) is 1.47. The van der Waals surface area contributed by atoms with Crippen LogP contribution in [0.25, 0.3) is 0 Å². The molecule has 1 aromatic rings. The standard InChI is InChI=1S/C9H14N4O3S/c1-15-6-7(14)8-4-12(2-3-17-8)13-5-9(10)16-11-13/h5,8,10H,2-4,6H2,1H3. The smallest absolute Gasteiger partial charge is 0.286 e. The molecule has 0 radical (unpaired) electrons. The van der Waals surface area contributed by atoms with Gasteiger partial charge in [0.05, 0.1) is 5.25 Å². The number of methoxy groups -OCH3 is 1. The molecule has 0 amide bonds. The molecule has 0 spiro atoms. The van der Waals surface area contributed by atoms with E-state index in [-0.39, 0.29) is 23.2 Å². The fourth-order valence-electron chi connectivity index (χ4n) is 1.62. The molecule has 94 valence electrons. The fourth-order valence-corrected chi connectivity index (χ4v) is 2.76. The summed E-state index contributed by atoms with van der Waals surface area (Å²) in [5, 5.41) is 12.7. The number of thioether (sulfide) groups is 1. The number of hydrogen-bond acceptors (Lipinski definition) is 6. The van der Waals surface area contributed by atoms with Crippen LogP contribution in [0.15, 0.2) is 10.7 Å². The quantitative estimate of drug-likeness (QED) is 0.646. The van der Waals surface area contributed by atoms with Crippen LogP contribution in [-0.2, 0) is 9.53 Å². The molecule has 1 aliphatic heterocycles. The molecule has 1 aliphatic rings. The lowest BCUT2D eigenvalue weighted by Crippen LogP contribution is -2.65. The largest absolute Gasteiger partial charge is 0.380 e. The van der Waals surface area contributed by atoms with Crippen molar-refractivity contribution in [2.45, 2.75) is 5.25 Å². The third kappa shape index (κ3) is 2.89. The highest BCUT2D eigenvalue weighted by atomic mass is 32.2. The Balaban J connectivity index is 2.02. The molecule has 7 nitrogen and oxygen atoms in total. The predicted octanol–water partition coefficient (Wildman–Crippen LogP) is -1.73. The Hall–Kier alpha value is -1.28. The minimum absolute atomic E-state index is 0.00277. The Kier molecular flexibility index (Phi) is 3.85. The van der Waals surface area contributed by atoms with Crippen molar-refractivity contribution in [3.8, 4) is 0 Å². The van der Waals surface area contributed by atoms with Crippen molar-refractivity contribution in [2.24, 2.45) is 0 Å². The van der Waals surface area contributed by atoms with Crippen LogP contribution in [0, 0.1) is 5.41 Å². The van der Waals surface area contributed by atoms with Crippen molar-refractivity contribution < 1.29 is 18.8 Å². The molecule has 0 saturated carbocycles. The molecule has 0 bridgehead atoms. The Labute approximate surface area is 102 Å². The Morgan fingerprint density at radius 3 is 3.35 bits per heavy atom. The average Bonchev–Trinajstić information content (AvgIpc) is 2.76. The molecule has 0 aliphatic carbocycles. The van der Waals surface area contributed by atoms with Crippen LogP contribution in [0.2, 0.25) is 0 Å². The van der Waals surface area contributed by atoms with E-state index in [4.69, 9.17) is 10.1 Å². The van der Waals surface area contributed by atoms with Crippen molar-refractivity contribution in [3.63, 3.8) is 0 Å². The number of ketones is 1. The topological polar surface area (TPSA) is 84.5 Å². The van der Waals surface area contributed by atoms with E-state index in [9.17, 15) is 4.79 Å². The monoisotopic (exact) mass is 258 g/mol. The number of carbonyl (C=O) groups is 1. The van der Waals surface area contributed by atoms with Gasteiger partial charge in [-0.25, -0.2) is 0 Å². The zero-order valence-electron chi connectivity index (χ0n) is 9.46. The third-order valence-corrected chi connectivity index (χ3v) is 3.67. The number of carbonyl (C=O) groups excluding carboxylic acids is 1. The molecule has 1 saturated heterocycles. The minimum atomic E-state index is -0.109. The molecule has 17 heavy (non-hydrogen) atoms. The van der Waals surface area contributed by atoms with Crippen LogP contribution in [0.5, 0.6) is 0 Å². The maximum atomic E-state index is 11.7. The number of nitrogens with one attached hydrogen (secondary N) is 1. The van der Waals surface area contributed by atoms with Gasteiger partial charge >= 0.3 is 0 Å². The summed E-state index contributed by atoms with van der Waals surface area (Å²) in [5.74, 6) is 0.922. The number of hydrogen-bond donors (Lipinski definition) is 1. The summed E-state index contributed by atoms with van der Waals surface area (Å²) >= 11 is 1.63. The molecule has 2 rings (SSSR count). The minimum Gasteiger partial charge on any atom is -0.380 e. The Morgan fingerprint density at radius 1 is 1.88 bits per heavy atom. The van der Waals surface area contributed by atoms with Gasteiger partial charge in [-0.15, -0.1) is 0 Å². The molecular formula is C9H14N4O3S. The molecule has 1 fully saturated rings. The molecule has 1 aromatic heterocycles. The summed E-state index contributed by atoms with van der Waals surface area (Å²) in [7, 11) is 1.52. The van der Waals surface area contributed by atoms with Crippen LogP contribution in [0.4, 0.5) is 0 Å². The van der Waals surface area contributed by atoms with E-state index in [1.807, 2.05) is 5.01 Å². The first-order valence-electron chi connectivity index (χ1n) is 5.19. The highest BCUT2D eigenvalue weighted by Crippen LogP contribution is 2.17. The van der Waals surface area contributed by atoms with Crippen molar-refractivity contribution in [1.82, 2.24) is 5.27 Å². The van der Waals surface area contributed by atoms with Crippen molar-refractivity contribution in [3.05, 3.63) is 11.8 Å². The van der Waals surface area contributed by atoms with Crippen molar-refractivity contribution >= 4 is 17.5 Å². The normalized spacial score (nSPS) is 20.5. The van der Waals surface area contributed by atoms with Gasteiger partial charge in [-0.1, -0.05) is 4.79 Å². The maximum absolute atomic E-state index is 11.7. The fraction of sp³-hybridized carbons (Fsp3) is 0.667. The second kappa shape index (κ2) is 5.37. The van der Waals surface area contributed by atoms with E-state index >= 15 is 0 Å². The molecule has 0 aromatic carbocycles. The summed E-state index contributed by atoms with van der Waals surface area (Å²) in [6.07, 6.45) is 1.48. The van der Waals surface area contributed by atoms with E-state index in [1.54, 1.807) is 11.8 Å². The van der Waals surface area contributed by atoms with Crippen molar-refractivity contribution in [1.29, 1.82) is 5.41 Å². The van der Waals surface area contributed by atoms with E-state index in [0.717, 1.165) is 12.3 Å². The van der Waals surface area contributed by atoms with E-state index in [1.165, 1.54) is 18.1 Å². The van der Waals surface area contributed by atoms with Gasteiger partial charge in [0, 0.05) is 20.2 Å². The van der Waals surface area contributed by atoms with E-state index in [0.29, 0.717) is 6.54 Å². The van der Waals surface area contributed by atoms with Gasteiger partial charge in [-0.05, 0) is 11.0 Å². The lowest BCUT2D eigenvalue weighted by atomic mass is 10.3. The van der Waals surface area contributed by atoms with Gasteiger partial charge in [-0.2, -0.15) is 11.8 Å². The van der Waals surface area contributed by atoms with Crippen LogP contribution >= 0.6 is 11.8 Å². The first-order valence-corrected chi connectivity index (χ1v) is 6.24. The second-order valence-corrected chi connectivity index (χ2v) is 4.97. The molecule has 8 heteroatoms. The van der Waals surface area contributed by atoms with Crippen LogP contribution in [0.3, 0.4) is 0 Å². The van der Waals surface area contributed by atoms with Gasteiger partial charge in [0.25, 0.3) is 11.8 Å².